The summed E-state index contributed by atoms with van der Waals surface area (Å²) in [6.45, 7) is 5.33. The molecule has 0 bridgehead atoms. The maximum absolute atomic E-state index is 13.9. The minimum Gasteiger partial charge on any atom is -0.494 e. The van der Waals surface area contributed by atoms with Gasteiger partial charge in [-0.15, -0.1) is 0 Å². The van der Waals surface area contributed by atoms with Crippen molar-refractivity contribution in [2.45, 2.75) is 44.7 Å². The third-order valence-corrected chi connectivity index (χ3v) is 8.01. The summed E-state index contributed by atoms with van der Waals surface area (Å²) in [6, 6.07) is 17.5. The Morgan fingerprint density at radius 3 is 2.10 bits per heavy atom. The van der Waals surface area contributed by atoms with Crippen molar-refractivity contribution in [3.8, 4) is 5.75 Å². The maximum Gasteiger partial charge on any atom is 0.264 e. The van der Waals surface area contributed by atoms with Gasteiger partial charge < -0.3 is 15.0 Å². The van der Waals surface area contributed by atoms with Crippen molar-refractivity contribution in [1.29, 1.82) is 0 Å². The van der Waals surface area contributed by atoms with Gasteiger partial charge in [-0.05, 0) is 74.4 Å². The van der Waals surface area contributed by atoms with E-state index in [1.807, 2.05) is 13.8 Å². The molecule has 3 aromatic carbocycles. The zero-order valence-electron chi connectivity index (χ0n) is 22.6. The molecule has 0 heterocycles. The molecule has 0 aliphatic rings. The molecular weight excluding hydrogens is 521 g/mol. The van der Waals surface area contributed by atoms with Crippen LogP contribution in [0.3, 0.4) is 0 Å². The molecule has 0 fully saturated rings. The fourth-order valence-electron chi connectivity index (χ4n) is 4.11. The first kappa shape index (κ1) is 29.6. The van der Waals surface area contributed by atoms with E-state index in [1.165, 1.54) is 48.3 Å². The van der Waals surface area contributed by atoms with E-state index in [2.05, 4.69) is 5.32 Å². The van der Waals surface area contributed by atoms with E-state index in [0.717, 1.165) is 9.87 Å². The lowest BCUT2D eigenvalue weighted by molar-refractivity contribution is -0.140. The van der Waals surface area contributed by atoms with Crippen LogP contribution >= 0.6 is 0 Å². The number of nitrogens with zero attached hydrogens (tertiary/aromatic N) is 2. The minimum absolute atomic E-state index is 0.00721. The number of halogens is 1. The Labute approximate surface area is 229 Å². The number of aryl methyl sites for hydroxylation is 1. The van der Waals surface area contributed by atoms with Crippen molar-refractivity contribution < 1.29 is 27.1 Å². The van der Waals surface area contributed by atoms with Crippen molar-refractivity contribution in [3.05, 3.63) is 89.7 Å². The van der Waals surface area contributed by atoms with Crippen LogP contribution in [0, 0.1) is 12.7 Å². The third kappa shape index (κ3) is 7.35. The number of amides is 2. The highest BCUT2D eigenvalue weighted by atomic mass is 32.2. The maximum atomic E-state index is 13.9. The first-order valence-corrected chi connectivity index (χ1v) is 14.1. The molecule has 3 aromatic rings. The van der Waals surface area contributed by atoms with Gasteiger partial charge >= 0.3 is 0 Å². The van der Waals surface area contributed by atoms with Crippen LogP contribution in [0.2, 0.25) is 0 Å². The fourth-order valence-corrected chi connectivity index (χ4v) is 5.53. The summed E-state index contributed by atoms with van der Waals surface area (Å²) >= 11 is 0. The summed E-state index contributed by atoms with van der Waals surface area (Å²) in [4.78, 5) is 27.9. The molecular formula is C29H34FN3O5S. The normalized spacial score (nSPS) is 11.9. The van der Waals surface area contributed by atoms with E-state index in [4.69, 9.17) is 4.74 Å². The molecule has 0 spiro atoms. The number of sulfonamides is 1. The van der Waals surface area contributed by atoms with Gasteiger partial charge in [0.15, 0.2) is 0 Å². The largest absolute Gasteiger partial charge is 0.494 e. The van der Waals surface area contributed by atoms with Gasteiger partial charge in [-0.25, -0.2) is 12.8 Å². The quantitative estimate of drug-likeness (QED) is 0.360. The average Bonchev–Trinajstić information content (AvgIpc) is 2.93. The number of rotatable bonds is 12. The van der Waals surface area contributed by atoms with Gasteiger partial charge in [0.2, 0.25) is 11.8 Å². The molecule has 3 rings (SSSR count). The van der Waals surface area contributed by atoms with Gasteiger partial charge in [0, 0.05) is 13.6 Å². The van der Waals surface area contributed by atoms with Gasteiger partial charge in [-0.1, -0.05) is 36.8 Å². The summed E-state index contributed by atoms with van der Waals surface area (Å²) in [6.07, 6.45) is 0.292. The highest BCUT2D eigenvalue weighted by Crippen LogP contribution is 2.27. The molecule has 0 radical (unpaired) electrons. The Morgan fingerprint density at radius 2 is 1.56 bits per heavy atom. The Bertz CT molecular complexity index is 1360. The second-order valence-corrected chi connectivity index (χ2v) is 10.8. The summed E-state index contributed by atoms with van der Waals surface area (Å²) < 4.78 is 47.7. The van der Waals surface area contributed by atoms with Crippen LogP contribution in [0.1, 0.15) is 31.4 Å². The Kier molecular flexibility index (Phi) is 10.1. The molecule has 39 heavy (non-hydrogen) atoms. The number of benzene rings is 3. The second-order valence-electron chi connectivity index (χ2n) is 8.94. The van der Waals surface area contributed by atoms with E-state index >= 15 is 0 Å². The zero-order chi connectivity index (χ0) is 28.6. The van der Waals surface area contributed by atoms with Crippen molar-refractivity contribution in [1.82, 2.24) is 10.2 Å². The number of likely N-dealkylation sites (N-methyl/N-ethyl adjacent to an activating group) is 1. The van der Waals surface area contributed by atoms with Gasteiger partial charge in [-0.2, -0.15) is 0 Å². The lowest BCUT2D eigenvalue weighted by Crippen LogP contribution is -2.51. The highest BCUT2D eigenvalue weighted by molar-refractivity contribution is 7.92. The van der Waals surface area contributed by atoms with E-state index in [1.54, 1.807) is 43.3 Å². The van der Waals surface area contributed by atoms with Gasteiger partial charge in [0.1, 0.15) is 24.2 Å². The first-order valence-electron chi connectivity index (χ1n) is 12.7. The molecule has 0 aliphatic carbocycles. The SMILES string of the molecule is CCOc1ccc(N(CC(=O)N(Cc2ccc(F)cc2)[C@H](CC)C(=O)NC)S(=O)(=O)c2ccc(C)cc2)cc1. The Morgan fingerprint density at radius 1 is 0.949 bits per heavy atom. The fraction of sp³-hybridized carbons (Fsp3) is 0.310. The average molecular weight is 556 g/mol. The lowest BCUT2D eigenvalue weighted by atomic mass is 10.1. The number of hydrogen-bond acceptors (Lipinski definition) is 5. The highest BCUT2D eigenvalue weighted by Gasteiger charge is 2.33. The van der Waals surface area contributed by atoms with E-state index in [0.29, 0.717) is 24.3 Å². The van der Waals surface area contributed by atoms with Crippen LogP contribution in [0.15, 0.2) is 77.7 Å². The number of hydrogen-bond donors (Lipinski definition) is 1. The van der Waals surface area contributed by atoms with Crippen molar-refractivity contribution in [2.24, 2.45) is 0 Å². The van der Waals surface area contributed by atoms with Crippen LogP contribution in [0.25, 0.3) is 0 Å². The molecule has 208 valence electrons. The molecule has 0 saturated heterocycles. The predicted octanol–water partition coefficient (Wildman–Crippen LogP) is 4.28. The zero-order valence-corrected chi connectivity index (χ0v) is 23.4. The Hall–Kier alpha value is -3.92. The van der Waals surface area contributed by atoms with Crippen LogP contribution in [0.5, 0.6) is 5.75 Å². The lowest BCUT2D eigenvalue weighted by Gasteiger charge is -2.33. The molecule has 2 amide bonds. The third-order valence-electron chi connectivity index (χ3n) is 6.22. The van der Waals surface area contributed by atoms with Gasteiger partial charge in [0.25, 0.3) is 10.0 Å². The summed E-state index contributed by atoms with van der Waals surface area (Å²) in [5.74, 6) is -0.842. The number of carbonyl (C=O) groups is 2. The number of ether oxygens (including phenoxy) is 1. The number of anilines is 1. The smallest absolute Gasteiger partial charge is 0.264 e. The molecule has 0 unspecified atom stereocenters. The minimum atomic E-state index is -4.17. The summed E-state index contributed by atoms with van der Waals surface area (Å²) in [7, 11) is -2.69. The predicted molar refractivity (Wildman–Crippen MR) is 148 cm³/mol. The Balaban J connectivity index is 2.05. The molecule has 0 aliphatic heterocycles. The van der Waals surface area contributed by atoms with Crippen LogP contribution in [0.4, 0.5) is 10.1 Å². The summed E-state index contributed by atoms with van der Waals surface area (Å²) in [5, 5.41) is 2.57. The molecule has 10 heteroatoms. The monoisotopic (exact) mass is 555 g/mol. The van der Waals surface area contributed by atoms with Gasteiger partial charge in [-0.3, -0.25) is 13.9 Å². The van der Waals surface area contributed by atoms with Crippen LogP contribution in [-0.4, -0.2) is 51.4 Å². The number of carbonyl (C=O) groups excluding carboxylic acids is 2. The molecule has 1 atom stereocenters. The number of nitrogens with one attached hydrogen (secondary N) is 1. The van der Waals surface area contributed by atoms with E-state index < -0.39 is 34.3 Å². The molecule has 0 saturated carbocycles. The standard InChI is InChI=1S/C29H34FN3O5S/c1-5-27(29(35)31-4)32(19-22-9-11-23(30)12-10-22)28(34)20-33(24-13-15-25(16-14-24)38-6-2)39(36,37)26-17-7-21(3)8-18-26/h7-18,27H,5-6,19-20H2,1-4H3,(H,31,35)/t27-/m1/s1. The van der Waals surface area contributed by atoms with Gasteiger partial charge in [0.05, 0.1) is 17.2 Å². The first-order chi connectivity index (χ1) is 18.6. The summed E-state index contributed by atoms with van der Waals surface area (Å²) in [5.41, 5.74) is 1.75. The van der Waals surface area contributed by atoms with Crippen LogP contribution in [-0.2, 0) is 26.2 Å². The molecule has 1 N–H and O–H groups in total. The van der Waals surface area contributed by atoms with Crippen LogP contribution < -0.4 is 14.4 Å². The van der Waals surface area contributed by atoms with E-state index in [9.17, 15) is 22.4 Å². The van der Waals surface area contributed by atoms with E-state index in [-0.39, 0.29) is 23.0 Å². The topological polar surface area (TPSA) is 96.0 Å². The molecule has 8 nitrogen and oxygen atoms in total. The van der Waals surface area contributed by atoms with Crippen molar-refractivity contribution in [3.63, 3.8) is 0 Å². The molecule has 0 aromatic heterocycles. The van der Waals surface area contributed by atoms with Crippen molar-refractivity contribution in [2.75, 3.05) is 24.5 Å². The van der Waals surface area contributed by atoms with Crippen molar-refractivity contribution >= 4 is 27.5 Å². The second kappa shape index (κ2) is 13.2.